The first kappa shape index (κ1) is 25.1. The van der Waals surface area contributed by atoms with E-state index >= 15 is 0 Å². The maximum absolute atomic E-state index is 6.10. The Morgan fingerprint density at radius 3 is 2.20 bits per heavy atom. The molecule has 1 fully saturated rings. The fourth-order valence-corrected chi connectivity index (χ4v) is 5.89. The lowest BCUT2D eigenvalue weighted by Gasteiger charge is -2.29. The molecule has 1 aliphatic rings. The van der Waals surface area contributed by atoms with Crippen molar-refractivity contribution in [3.05, 3.63) is 151 Å². The van der Waals surface area contributed by atoms with Gasteiger partial charge in [-0.05, 0) is 103 Å². The maximum Gasteiger partial charge on any atom is 0.174 e. The summed E-state index contributed by atoms with van der Waals surface area (Å²) in [6.45, 7) is 2.07. The van der Waals surface area contributed by atoms with Crippen LogP contribution in [0.1, 0.15) is 29.0 Å². The second kappa shape index (κ2) is 10.6. The number of nitrogens with zero attached hydrogens (tertiary/aromatic N) is 3. The minimum Gasteiger partial charge on any atom is -0.457 e. The summed E-state index contributed by atoms with van der Waals surface area (Å²) in [5, 5.41) is 6.65. The molecule has 4 aromatic carbocycles. The second-order valence-corrected chi connectivity index (χ2v) is 10.6. The van der Waals surface area contributed by atoms with E-state index in [4.69, 9.17) is 21.9 Å². The number of hydrogen-bond acceptors (Lipinski definition) is 3. The van der Waals surface area contributed by atoms with E-state index in [0.717, 1.165) is 34.3 Å². The summed E-state index contributed by atoms with van der Waals surface area (Å²) in [4.78, 5) is 6.91. The van der Waals surface area contributed by atoms with Gasteiger partial charge >= 0.3 is 0 Å². The Balaban J connectivity index is 1.28. The highest BCUT2D eigenvalue weighted by Crippen LogP contribution is 2.43. The van der Waals surface area contributed by atoms with Gasteiger partial charge in [0.2, 0.25) is 0 Å². The van der Waals surface area contributed by atoms with Gasteiger partial charge in [0.1, 0.15) is 17.5 Å². The van der Waals surface area contributed by atoms with E-state index in [9.17, 15) is 0 Å². The van der Waals surface area contributed by atoms with E-state index < -0.39 is 0 Å². The average molecular weight is 553 g/mol. The van der Waals surface area contributed by atoms with Gasteiger partial charge in [0.05, 0.1) is 11.7 Å². The van der Waals surface area contributed by atoms with Gasteiger partial charge in [-0.25, -0.2) is 0 Å². The van der Waals surface area contributed by atoms with Gasteiger partial charge < -0.3 is 19.5 Å². The zero-order valence-electron chi connectivity index (χ0n) is 22.5. The van der Waals surface area contributed by atoms with Crippen LogP contribution in [0.3, 0.4) is 0 Å². The Morgan fingerprint density at radius 2 is 1.44 bits per heavy atom. The van der Waals surface area contributed by atoms with Crippen molar-refractivity contribution in [1.82, 2.24) is 14.9 Å². The molecule has 2 atom stereocenters. The minimum atomic E-state index is -0.138. The normalized spacial score (nSPS) is 16.6. The molecule has 41 heavy (non-hydrogen) atoms. The molecule has 0 saturated carbocycles. The third-order valence-electron chi connectivity index (χ3n) is 7.56. The zero-order valence-corrected chi connectivity index (χ0v) is 23.3. The summed E-state index contributed by atoms with van der Waals surface area (Å²) in [5.74, 6) is 1.58. The predicted octanol–water partition coefficient (Wildman–Crippen LogP) is 8.30. The van der Waals surface area contributed by atoms with E-state index in [-0.39, 0.29) is 12.1 Å². The standard InChI is InChI=1S/C35H28N4OS/c1-24-11-17-29(18-12-24)40-30-19-15-27(16-20-30)39-34(33(37-35(39)41)31-9-4-5-21-36-31)32-10-6-22-38(32)28-14-13-25-7-2-3-8-26(25)23-28/h2-23,33-34H,1H3,(H,37,41)/t33-,34+/m0/s1. The number of aryl methyl sites for hydroxylation is 1. The van der Waals surface area contributed by atoms with Gasteiger partial charge in [-0.2, -0.15) is 0 Å². The van der Waals surface area contributed by atoms with Gasteiger partial charge in [0, 0.05) is 29.5 Å². The number of aromatic nitrogens is 2. The molecular weight excluding hydrogens is 524 g/mol. The Kier molecular flexibility index (Phi) is 6.45. The molecule has 6 heteroatoms. The summed E-state index contributed by atoms with van der Waals surface area (Å²) >= 11 is 5.97. The first-order valence-electron chi connectivity index (χ1n) is 13.7. The van der Waals surface area contributed by atoms with Crippen LogP contribution in [0.5, 0.6) is 11.5 Å². The monoisotopic (exact) mass is 552 g/mol. The first-order chi connectivity index (χ1) is 20.1. The lowest BCUT2D eigenvalue weighted by atomic mass is 10.0. The molecule has 6 aromatic rings. The molecule has 5 nitrogen and oxygen atoms in total. The highest BCUT2D eigenvalue weighted by molar-refractivity contribution is 7.80. The topological polar surface area (TPSA) is 42.3 Å². The van der Waals surface area contributed by atoms with Crippen molar-refractivity contribution in [3.63, 3.8) is 0 Å². The molecule has 1 aliphatic heterocycles. The summed E-state index contributed by atoms with van der Waals surface area (Å²) in [5.41, 5.74) is 5.33. The summed E-state index contributed by atoms with van der Waals surface area (Å²) < 4.78 is 8.35. The molecule has 7 rings (SSSR count). The van der Waals surface area contributed by atoms with Crippen molar-refractivity contribution in [1.29, 1.82) is 0 Å². The molecule has 0 aliphatic carbocycles. The highest BCUT2D eigenvalue weighted by atomic mass is 32.1. The number of rotatable bonds is 6. The van der Waals surface area contributed by atoms with E-state index in [1.807, 2.05) is 54.7 Å². The number of nitrogens with one attached hydrogen (secondary N) is 1. The van der Waals surface area contributed by atoms with Crippen molar-refractivity contribution in [2.75, 3.05) is 4.90 Å². The average Bonchev–Trinajstić information content (AvgIpc) is 3.63. The lowest BCUT2D eigenvalue weighted by molar-refractivity contribution is 0.482. The van der Waals surface area contributed by atoms with E-state index in [2.05, 4.69) is 101 Å². The van der Waals surface area contributed by atoms with Crippen LogP contribution < -0.4 is 15.0 Å². The Hall–Kier alpha value is -4.94. The molecule has 1 N–H and O–H groups in total. The van der Waals surface area contributed by atoms with Gasteiger partial charge in [0.15, 0.2) is 5.11 Å². The molecule has 200 valence electrons. The van der Waals surface area contributed by atoms with Gasteiger partial charge in [-0.1, -0.05) is 54.1 Å². The predicted molar refractivity (Wildman–Crippen MR) is 169 cm³/mol. The van der Waals surface area contributed by atoms with E-state index in [0.29, 0.717) is 5.11 Å². The Morgan fingerprint density at radius 1 is 0.732 bits per heavy atom. The van der Waals surface area contributed by atoms with E-state index in [1.165, 1.54) is 16.3 Å². The highest BCUT2D eigenvalue weighted by Gasteiger charge is 2.42. The van der Waals surface area contributed by atoms with Crippen LogP contribution in [-0.2, 0) is 0 Å². The fraction of sp³-hybridized carbons (Fsp3) is 0.0857. The SMILES string of the molecule is Cc1ccc(Oc2ccc(N3C(=S)N[C@@H](c4ccccn4)[C@H]3c3cccn3-c3ccc4ccccc4c3)cc2)cc1. The quantitative estimate of drug-likeness (QED) is 0.211. The van der Waals surface area contributed by atoms with Crippen LogP contribution >= 0.6 is 12.2 Å². The number of fused-ring (bicyclic) bond motifs is 1. The lowest BCUT2D eigenvalue weighted by Crippen LogP contribution is -2.30. The third kappa shape index (κ3) is 4.83. The number of anilines is 1. The van der Waals surface area contributed by atoms with Crippen LogP contribution in [0.25, 0.3) is 16.5 Å². The number of benzene rings is 4. The molecular formula is C35H28N4OS. The van der Waals surface area contributed by atoms with Crippen molar-refractivity contribution >= 4 is 33.8 Å². The number of ether oxygens (including phenoxy) is 1. The Bertz CT molecular complexity index is 1830. The number of hydrogen-bond donors (Lipinski definition) is 1. The van der Waals surface area contributed by atoms with E-state index in [1.54, 1.807) is 0 Å². The first-order valence-corrected chi connectivity index (χ1v) is 14.1. The van der Waals surface area contributed by atoms with Crippen molar-refractivity contribution in [2.45, 2.75) is 19.0 Å². The van der Waals surface area contributed by atoms with Crippen LogP contribution in [0.15, 0.2) is 134 Å². The summed E-state index contributed by atoms with van der Waals surface area (Å²) in [6.07, 6.45) is 3.95. The second-order valence-electron chi connectivity index (χ2n) is 10.2. The van der Waals surface area contributed by atoms with Crippen LogP contribution in [-0.4, -0.2) is 14.7 Å². The largest absolute Gasteiger partial charge is 0.457 e. The smallest absolute Gasteiger partial charge is 0.174 e. The van der Waals surface area contributed by atoms with Crippen LogP contribution in [0.4, 0.5) is 5.69 Å². The van der Waals surface area contributed by atoms with Gasteiger partial charge in [-0.15, -0.1) is 0 Å². The molecule has 3 heterocycles. The van der Waals surface area contributed by atoms with Gasteiger partial charge in [-0.3, -0.25) is 4.98 Å². The fourth-order valence-electron chi connectivity index (χ4n) is 5.55. The molecule has 0 unspecified atom stereocenters. The maximum atomic E-state index is 6.10. The molecule has 1 saturated heterocycles. The molecule has 0 radical (unpaired) electrons. The number of thiocarbonyl (C=S) groups is 1. The van der Waals surface area contributed by atoms with Crippen molar-refractivity contribution in [2.24, 2.45) is 0 Å². The molecule has 0 spiro atoms. The molecule has 0 bridgehead atoms. The Labute approximate surface area is 244 Å². The third-order valence-corrected chi connectivity index (χ3v) is 7.88. The summed E-state index contributed by atoms with van der Waals surface area (Å²) in [7, 11) is 0. The van der Waals surface area contributed by atoms with Crippen LogP contribution in [0.2, 0.25) is 0 Å². The van der Waals surface area contributed by atoms with Crippen molar-refractivity contribution < 1.29 is 4.74 Å². The zero-order chi connectivity index (χ0) is 27.8. The number of pyridine rings is 1. The molecule has 0 amide bonds. The minimum absolute atomic E-state index is 0.136. The van der Waals surface area contributed by atoms with Gasteiger partial charge in [0.25, 0.3) is 0 Å². The summed E-state index contributed by atoms with van der Waals surface area (Å²) in [6, 6.07) is 41.2. The van der Waals surface area contributed by atoms with Crippen LogP contribution in [0, 0.1) is 6.92 Å². The van der Waals surface area contributed by atoms with Crippen molar-refractivity contribution in [3.8, 4) is 17.2 Å². The molecule has 2 aromatic heterocycles.